The Labute approximate surface area is 120 Å². The van der Waals surface area contributed by atoms with E-state index in [0.29, 0.717) is 5.69 Å². The lowest BCUT2D eigenvalue weighted by Gasteiger charge is -2.30. The second-order valence-electron chi connectivity index (χ2n) is 4.07. The second-order valence-corrected chi connectivity index (χ2v) is 6.59. The predicted octanol–water partition coefficient (Wildman–Crippen LogP) is 3.71. The molecule has 1 aromatic heterocycles. The van der Waals surface area contributed by atoms with Crippen LogP contribution in [0.5, 0.6) is 0 Å². The van der Waals surface area contributed by atoms with E-state index < -0.39 is 5.97 Å². The molecule has 0 aliphatic carbocycles. The molecule has 0 fully saturated rings. The number of rotatable bonds is 6. The largest absolute Gasteiger partial charge is 0.477 e. The van der Waals surface area contributed by atoms with Crippen molar-refractivity contribution in [2.24, 2.45) is 0 Å². The van der Waals surface area contributed by atoms with Crippen LogP contribution in [0.2, 0.25) is 0 Å². The van der Waals surface area contributed by atoms with Gasteiger partial charge in [-0.1, -0.05) is 13.8 Å². The number of carbonyl (C=O) groups is 1. The van der Waals surface area contributed by atoms with Crippen LogP contribution in [0.1, 0.15) is 37.2 Å². The molecule has 0 radical (unpaired) electrons. The summed E-state index contributed by atoms with van der Waals surface area (Å²) in [5.74, 6) is -0.852. The number of carboxylic acids is 1. The van der Waals surface area contributed by atoms with Crippen molar-refractivity contribution in [2.45, 2.75) is 38.0 Å². The minimum absolute atomic E-state index is 0.131. The summed E-state index contributed by atoms with van der Waals surface area (Å²) in [6.07, 6.45) is 6.10. The molecule has 1 rings (SSSR count). The summed E-state index contributed by atoms with van der Waals surface area (Å²) < 4.78 is 2.97. The maximum absolute atomic E-state index is 11.2. The molecule has 1 heterocycles. The lowest BCUT2D eigenvalue weighted by Crippen LogP contribution is -2.30. The molecule has 0 aromatic carbocycles. The number of aromatic nitrogens is 1. The quantitative estimate of drug-likeness (QED) is 0.780. The average Bonchev–Trinajstić information content (AvgIpc) is 2.67. The molecule has 0 saturated carbocycles. The van der Waals surface area contributed by atoms with Crippen LogP contribution in [-0.4, -0.2) is 26.6 Å². The molecule has 0 saturated heterocycles. The van der Waals surface area contributed by atoms with E-state index in [-0.39, 0.29) is 4.75 Å². The monoisotopic (exact) mass is 367 g/mol. The molecule has 0 unspecified atom stereocenters. The van der Waals surface area contributed by atoms with Crippen molar-refractivity contribution >= 4 is 40.3 Å². The minimum atomic E-state index is -0.852. The third-order valence-electron chi connectivity index (χ3n) is 3.26. The van der Waals surface area contributed by atoms with Crippen LogP contribution in [0.3, 0.4) is 0 Å². The second kappa shape index (κ2) is 6.13. The fourth-order valence-electron chi connectivity index (χ4n) is 1.92. The van der Waals surface area contributed by atoms with Crippen molar-refractivity contribution in [3.63, 3.8) is 0 Å². The van der Waals surface area contributed by atoms with Crippen LogP contribution in [-0.2, 0) is 6.54 Å². The summed E-state index contributed by atoms with van der Waals surface area (Å²) in [6.45, 7) is 5.08. The van der Waals surface area contributed by atoms with E-state index in [0.717, 1.165) is 23.0 Å². The SMILES string of the molecule is CCC(CC)(Cn1cc(I)cc1C(=O)O)SC. The van der Waals surface area contributed by atoms with Crippen LogP contribution in [0.25, 0.3) is 0 Å². The summed E-state index contributed by atoms with van der Waals surface area (Å²) in [6, 6.07) is 1.72. The average molecular weight is 367 g/mol. The number of halogens is 1. The van der Waals surface area contributed by atoms with Gasteiger partial charge in [0.1, 0.15) is 5.69 Å². The van der Waals surface area contributed by atoms with Crippen molar-refractivity contribution in [1.29, 1.82) is 0 Å². The van der Waals surface area contributed by atoms with Gasteiger partial charge in [-0.3, -0.25) is 0 Å². The van der Waals surface area contributed by atoms with Crippen molar-refractivity contribution in [2.75, 3.05) is 6.26 Å². The van der Waals surface area contributed by atoms with Gasteiger partial charge in [0.25, 0.3) is 0 Å². The van der Waals surface area contributed by atoms with Gasteiger partial charge in [-0.2, -0.15) is 11.8 Å². The molecule has 0 aliphatic rings. The van der Waals surface area contributed by atoms with Crippen molar-refractivity contribution in [1.82, 2.24) is 4.57 Å². The first-order chi connectivity index (χ1) is 7.98. The highest BCUT2D eigenvalue weighted by molar-refractivity contribution is 14.1. The summed E-state index contributed by atoms with van der Waals surface area (Å²) in [4.78, 5) is 11.2. The van der Waals surface area contributed by atoms with Crippen molar-refractivity contribution in [3.05, 3.63) is 21.5 Å². The van der Waals surface area contributed by atoms with Gasteiger partial charge in [-0.15, -0.1) is 0 Å². The molecule has 0 amide bonds. The van der Waals surface area contributed by atoms with Crippen LogP contribution in [0, 0.1) is 3.57 Å². The van der Waals surface area contributed by atoms with E-state index in [9.17, 15) is 4.79 Å². The highest BCUT2D eigenvalue weighted by atomic mass is 127. The van der Waals surface area contributed by atoms with Gasteiger partial charge >= 0.3 is 5.97 Å². The van der Waals surface area contributed by atoms with Crippen molar-refractivity contribution < 1.29 is 9.90 Å². The minimum Gasteiger partial charge on any atom is -0.477 e. The first-order valence-corrected chi connectivity index (χ1v) is 7.92. The first kappa shape index (κ1) is 14.9. The van der Waals surface area contributed by atoms with E-state index in [1.807, 2.05) is 22.5 Å². The topological polar surface area (TPSA) is 42.2 Å². The van der Waals surface area contributed by atoms with E-state index in [1.165, 1.54) is 0 Å². The fraction of sp³-hybridized carbons (Fsp3) is 0.583. The Morgan fingerprint density at radius 1 is 1.53 bits per heavy atom. The normalized spacial score (nSPS) is 11.8. The highest BCUT2D eigenvalue weighted by Crippen LogP contribution is 2.33. The van der Waals surface area contributed by atoms with Gasteiger partial charge in [0.15, 0.2) is 0 Å². The number of thioether (sulfide) groups is 1. The number of hydrogen-bond acceptors (Lipinski definition) is 2. The number of aromatic carboxylic acids is 1. The van der Waals surface area contributed by atoms with Crippen molar-refractivity contribution in [3.8, 4) is 0 Å². The number of hydrogen-bond donors (Lipinski definition) is 1. The Morgan fingerprint density at radius 2 is 2.12 bits per heavy atom. The molecule has 1 N–H and O–H groups in total. The van der Waals surface area contributed by atoms with E-state index in [1.54, 1.807) is 6.07 Å². The molecular formula is C12H18INO2S. The number of nitrogens with zero attached hydrogens (tertiary/aromatic N) is 1. The predicted molar refractivity (Wildman–Crippen MR) is 80.9 cm³/mol. The van der Waals surface area contributed by atoms with E-state index in [2.05, 4.69) is 42.7 Å². The Kier molecular flexibility index (Phi) is 5.37. The third-order valence-corrected chi connectivity index (χ3v) is 5.42. The van der Waals surface area contributed by atoms with Gasteiger partial charge < -0.3 is 9.67 Å². The van der Waals surface area contributed by atoms with Crippen LogP contribution < -0.4 is 0 Å². The Balaban J connectivity index is 3.04. The van der Waals surface area contributed by atoms with E-state index >= 15 is 0 Å². The van der Waals surface area contributed by atoms with Gasteiger partial charge in [0.2, 0.25) is 0 Å². The smallest absolute Gasteiger partial charge is 0.352 e. The van der Waals surface area contributed by atoms with Crippen LogP contribution in [0.4, 0.5) is 0 Å². The molecule has 0 spiro atoms. The van der Waals surface area contributed by atoms with Gasteiger partial charge in [0.05, 0.1) is 0 Å². The summed E-state index contributed by atoms with van der Waals surface area (Å²) in [5.41, 5.74) is 0.384. The molecule has 96 valence electrons. The Bertz CT molecular complexity index is 391. The molecular weight excluding hydrogens is 349 g/mol. The molecule has 5 heteroatoms. The third kappa shape index (κ3) is 3.40. The summed E-state index contributed by atoms with van der Waals surface area (Å²) in [5, 5.41) is 9.16. The molecule has 0 atom stereocenters. The van der Waals surface area contributed by atoms with Crippen LogP contribution >= 0.6 is 34.4 Å². The zero-order valence-electron chi connectivity index (χ0n) is 10.4. The zero-order chi connectivity index (χ0) is 13.1. The molecule has 1 aromatic rings. The fourth-order valence-corrected chi connectivity index (χ4v) is 3.40. The molecule has 0 aliphatic heterocycles. The first-order valence-electron chi connectivity index (χ1n) is 5.62. The summed E-state index contributed by atoms with van der Waals surface area (Å²) >= 11 is 3.98. The van der Waals surface area contributed by atoms with E-state index in [4.69, 9.17) is 5.11 Å². The standard InChI is InChI=1S/C12H18INO2S/c1-4-12(5-2,17-3)8-14-7-9(13)6-10(14)11(15)16/h6-7H,4-5,8H2,1-3H3,(H,15,16). The lowest BCUT2D eigenvalue weighted by molar-refractivity contribution is 0.0684. The molecule has 3 nitrogen and oxygen atoms in total. The maximum atomic E-state index is 11.2. The van der Waals surface area contributed by atoms with Gasteiger partial charge in [-0.05, 0) is 47.8 Å². The number of carboxylic acid groups (broad SMARTS) is 1. The van der Waals surface area contributed by atoms with Gasteiger partial charge in [0, 0.05) is 21.1 Å². The van der Waals surface area contributed by atoms with Gasteiger partial charge in [-0.25, -0.2) is 4.79 Å². The lowest BCUT2D eigenvalue weighted by atomic mass is 10.0. The van der Waals surface area contributed by atoms with Crippen LogP contribution in [0.15, 0.2) is 12.3 Å². The zero-order valence-corrected chi connectivity index (χ0v) is 13.3. The molecule has 0 bridgehead atoms. The Morgan fingerprint density at radius 3 is 2.53 bits per heavy atom. The highest BCUT2D eigenvalue weighted by Gasteiger charge is 2.27. The maximum Gasteiger partial charge on any atom is 0.352 e. The summed E-state index contributed by atoms with van der Waals surface area (Å²) in [7, 11) is 0. The molecule has 17 heavy (non-hydrogen) atoms. The Hall–Kier alpha value is -0.170.